The molecule has 2 N–H and O–H groups in total. The van der Waals surface area contributed by atoms with E-state index in [1.54, 1.807) is 18.7 Å². The van der Waals surface area contributed by atoms with Gasteiger partial charge in [0.05, 0.1) is 0 Å². The molecule has 0 bridgehead atoms. The summed E-state index contributed by atoms with van der Waals surface area (Å²) < 4.78 is 5.55. The molecular formula is C24H28N2O5S. The highest BCUT2D eigenvalue weighted by atomic mass is 32.2. The van der Waals surface area contributed by atoms with E-state index in [0.717, 1.165) is 22.3 Å². The molecular weight excluding hydrogens is 428 g/mol. The molecule has 170 valence electrons. The minimum Gasteiger partial charge on any atom is -0.480 e. The van der Waals surface area contributed by atoms with E-state index in [4.69, 9.17) is 9.84 Å². The number of benzene rings is 2. The van der Waals surface area contributed by atoms with E-state index in [0.29, 0.717) is 12.2 Å². The summed E-state index contributed by atoms with van der Waals surface area (Å²) in [5, 5.41) is 11.7. The van der Waals surface area contributed by atoms with Crippen molar-refractivity contribution in [2.45, 2.75) is 25.3 Å². The van der Waals surface area contributed by atoms with Crippen LogP contribution in [-0.4, -0.2) is 65.7 Å². The first-order valence-corrected chi connectivity index (χ1v) is 12.0. The average Bonchev–Trinajstić information content (AvgIpc) is 3.12. The van der Waals surface area contributed by atoms with Gasteiger partial charge in [0, 0.05) is 12.5 Å². The predicted octanol–water partition coefficient (Wildman–Crippen LogP) is 3.58. The van der Waals surface area contributed by atoms with E-state index in [1.807, 2.05) is 42.7 Å². The molecule has 0 aromatic heterocycles. The molecule has 2 amide bonds. The third-order valence-corrected chi connectivity index (χ3v) is 6.21. The number of likely N-dealkylation sites (N-methyl/N-ethyl adjacent to an activating group) is 1. The first-order valence-electron chi connectivity index (χ1n) is 10.6. The van der Waals surface area contributed by atoms with Crippen molar-refractivity contribution in [2.24, 2.45) is 0 Å². The number of carboxylic acids is 1. The molecule has 0 spiro atoms. The standard InChI is InChI=1S/C24H28N2O5S/c1-3-26(14-22(27)28)23(29)21(12-13-32-2)25-24(30)31-15-20-18-10-6-4-8-16(18)17-9-5-7-11-19(17)20/h4-11,20-21H,3,12-15H2,1-2H3,(H,25,30)(H,27,28)/t21-/m0/s1. The van der Waals surface area contributed by atoms with Crippen LogP contribution in [0.4, 0.5) is 4.79 Å². The van der Waals surface area contributed by atoms with E-state index in [-0.39, 0.29) is 19.1 Å². The van der Waals surface area contributed by atoms with E-state index >= 15 is 0 Å². The lowest BCUT2D eigenvalue weighted by Gasteiger charge is -2.25. The Hall–Kier alpha value is -3.00. The van der Waals surface area contributed by atoms with Gasteiger partial charge in [-0.25, -0.2) is 4.79 Å². The van der Waals surface area contributed by atoms with Crippen LogP contribution in [0.2, 0.25) is 0 Å². The Labute approximate surface area is 192 Å². The summed E-state index contributed by atoms with van der Waals surface area (Å²) in [5.74, 6) is -0.944. The topological polar surface area (TPSA) is 95.9 Å². The van der Waals surface area contributed by atoms with Crippen LogP contribution in [0.5, 0.6) is 0 Å². The Morgan fingerprint density at radius 3 is 2.22 bits per heavy atom. The van der Waals surface area contributed by atoms with Crippen molar-refractivity contribution in [2.75, 3.05) is 31.7 Å². The Bertz CT molecular complexity index is 935. The highest BCUT2D eigenvalue weighted by Gasteiger charge is 2.30. The third kappa shape index (κ3) is 5.43. The smallest absolute Gasteiger partial charge is 0.407 e. The summed E-state index contributed by atoms with van der Waals surface area (Å²) in [6, 6.07) is 15.3. The SMILES string of the molecule is CCN(CC(=O)O)C(=O)[C@H](CCSC)NC(=O)OCC1c2ccccc2-c2ccccc21. The zero-order valence-electron chi connectivity index (χ0n) is 18.2. The first kappa shape index (κ1) is 23.7. The number of rotatable bonds is 10. The Balaban J connectivity index is 1.68. The van der Waals surface area contributed by atoms with Crippen molar-refractivity contribution in [3.05, 3.63) is 59.7 Å². The molecule has 0 fully saturated rings. The number of carboxylic acid groups (broad SMARTS) is 1. The van der Waals surface area contributed by atoms with Gasteiger partial charge in [-0.3, -0.25) is 9.59 Å². The second kappa shape index (κ2) is 11.0. The molecule has 1 atom stereocenters. The molecule has 0 saturated heterocycles. The van der Waals surface area contributed by atoms with E-state index in [9.17, 15) is 14.4 Å². The van der Waals surface area contributed by atoms with Crippen LogP contribution in [0.3, 0.4) is 0 Å². The summed E-state index contributed by atoms with van der Waals surface area (Å²) >= 11 is 1.55. The van der Waals surface area contributed by atoms with E-state index < -0.39 is 30.6 Å². The average molecular weight is 457 g/mol. The summed E-state index contributed by atoms with van der Waals surface area (Å²) in [6.07, 6.45) is 1.61. The van der Waals surface area contributed by atoms with Gasteiger partial charge in [0.15, 0.2) is 0 Å². The molecule has 0 radical (unpaired) electrons. The van der Waals surface area contributed by atoms with Crippen LogP contribution in [-0.2, 0) is 14.3 Å². The fourth-order valence-electron chi connectivity index (χ4n) is 4.00. The molecule has 1 aliphatic rings. The Morgan fingerprint density at radius 2 is 1.69 bits per heavy atom. The van der Waals surface area contributed by atoms with E-state index in [2.05, 4.69) is 17.4 Å². The lowest BCUT2D eigenvalue weighted by Crippen LogP contribution is -2.50. The summed E-state index contributed by atoms with van der Waals surface area (Å²) in [4.78, 5) is 37.7. The number of nitrogens with one attached hydrogen (secondary N) is 1. The Kier molecular flexibility index (Phi) is 8.16. The van der Waals surface area contributed by atoms with Gasteiger partial charge in [-0.05, 0) is 47.6 Å². The van der Waals surface area contributed by atoms with Crippen molar-refractivity contribution in [3.63, 3.8) is 0 Å². The molecule has 0 unspecified atom stereocenters. The maximum Gasteiger partial charge on any atom is 0.407 e. The molecule has 3 rings (SSSR count). The minimum atomic E-state index is -1.09. The zero-order valence-corrected chi connectivity index (χ0v) is 19.1. The van der Waals surface area contributed by atoms with Gasteiger partial charge in [-0.2, -0.15) is 11.8 Å². The largest absolute Gasteiger partial charge is 0.480 e. The highest BCUT2D eigenvalue weighted by molar-refractivity contribution is 7.98. The first-order chi connectivity index (χ1) is 15.5. The number of hydrogen-bond acceptors (Lipinski definition) is 5. The lowest BCUT2D eigenvalue weighted by atomic mass is 9.98. The van der Waals surface area contributed by atoms with Gasteiger partial charge in [-0.15, -0.1) is 0 Å². The highest BCUT2D eigenvalue weighted by Crippen LogP contribution is 2.44. The molecule has 2 aromatic rings. The summed E-state index contributed by atoms with van der Waals surface area (Å²) in [7, 11) is 0. The predicted molar refractivity (Wildman–Crippen MR) is 125 cm³/mol. The van der Waals surface area contributed by atoms with Crippen LogP contribution >= 0.6 is 11.8 Å². The lowest BCUT2D eigenvalue weighted by molar-refractivity contribution is -0.145. The third-order valence-electron chi connectivity index (χ3n) is 5.56. The van der Waals surface area contributed by atoms with Gasteiger partial charge >= 0.3 is 12.1 Å². The molecule has 0 saturated carbocycles. The maximum atomic E-state index is 12.8. The number of aliphatic carboxylic acids is 1. The molecule has 0 heterocycles. The summed E-state index contributed by atoms with van der Waals surface area (Å²) in [5.41, 5.74) is 4.49. The van der Waals surface area contributed by atoms with Crippen LogP contribution in [0, 0.1) is 0 Å². The van der Waals surface area contributed by atoms with Gasteiger partial charge in [0.1, 0.15) is 19.2 Å². The molecule has 32 heavy (non-hydrogen) atoms. The molecule has 7 nitrogen and oxygen atoms in total. The monoisotopic (exact) mass is 456 g/mol. The van der Waals surface area contributed by atoms with Crippen LogP contribution in [0.15, 0.2) is 48.5 Å². The number of carbonyl (C=O) groups excluding carboxylic acids is 2. The fourth-order valence-corrected chi connectivity index (χ4v) is 4.48. The van der Waals surface area contributed by atoms with Gasteiger partial charge in [0.2, 0.25) is 5.91 Å². The fraction of sp³-hybridized carbons (Fsp3) is 0.375. The van der Waals surface area contributed by atoms with Crippen LogP contribution in [0.1, 0.15) is 30.4 Å². The number of thioether (sulfide) groups is 1. The Morgan fingerprint density at radius 1 is 1.09 bits per heavy atom. The van der Waals surface area contributed by atoms with Gasteiger partial charge < -0.3 is 20.1 Å². The second-order valence-corrected chi connectivity index (χ2v) is 8.54. The summed E-state index contributed by atoms with van der Waals surface area (Å²) in [6.45, 7) is 1.69. The van der Waals surface area contributed by atoms with Crippen molar-refractivity contribution < 1.29 is 24.2 Å². The number of alkyl carbamates (subject to hydrolysis) is 1. The van der Waals surface area contributed by atoms with Crippen molar-refractivity contribution >= 4 is 29.7 Å². The maximum absolute atomic E-state index is 12.8. The minimum absolute atomic E-state index is 0.0763. The molecule has 8 heteroatoms. The number of nitrogens with zero attached hydrogens (tertiary/aromatic N) is 1. The molecule has 2 aromatic carbocycles. The van der Waals surface area contributed by atoms with Crippen LogP contribution in [0.25, 0.3) is 11.1 Å². The number of hydrogen-bond donors (Lipinski definition) is 2. The number of fused-ring (bicyclic) bond motifs is 3. The van der Waals surface area contributed by atoms with Crippen molar-refractivity contribution in [3.8, 4) is 11.1 Å². The zero-order chi connectivity index (χ0) is 23.1. The van der Waals surface area contributed by atoms with Crippen LogP contribution < -0.4 is 5.32 Å². The van der Waals surface area contributed by atoms with Gasteiger partial charge in [-0.1, -0.05) is 48.5 Å². The molecule has 1 aliphatic carbocycles. The molecule has 0 aliphatic heterocycles. The van der Waals surface area contributed by atoms with Gasteiger partial charge in [0.25, 0.3) is 0 Å². The quantitative estimate of drug-likeness (QED) is 0.567. The van der Waals surface area contributed by atoms with Crippen molar-refractivity contribution in [1.29, 1.82) is 0 Å². The number of ether oxygens (including phenoxy) is 1. The second-order valence-electron chi connectivity index (χ2n) is 7.55. The number of carbonyl (C=O) groups is 3. The van der Waals surface area contributed by atoms with E-state index in [1.165, 1.54) is 4.90 Å². The normalized spacial score (nSPS) is 13.1. The van der Waals surface area contributed by atoms with Crippen molar-refractivity contribution in [1.82, 2.24) is 10.2 Å². The number of amides is 2.